The Kier molecular flexibility index (Phi) is 4.92. The third kappa shape index (κ3) is 3.22. The first kappa shape index (κ1) is 22.3. The van der Waals surface area contributed by atoms with Crippen molar-refractivity contribution in [1.29, 1.82) is 0 Å². The fourth-order valence-electron chi connectivity index (χ4n) is 4.88. The number of hydrogen-bond donors (Lipinski definition) is 1. The van der Waals surface area contributed by atoms with Crippen LogP contribution in [0.3, 0.4) is 0 Å². The van der Waals surface area contributed by atoms with Gasteiger partial charge in [-0.25, -0.2) is 9.38 Å². The standard InChI is InChI=1S/C29H21ClFN3O2/c1-16-6-8-17(9-7-16)20-14-23-26(24(31)15-20)36-25-11-10-19(18-4-3-5-21(30)12-18)13-22(25)29(23)27(35)34(2)28(32)33-29/h3-15H,1-2H3,(H2,32,33)/t29-/m0/s1. The first-order valence-corrected chi connectivity index (χ1v) is 11.8. The van der Waals surface area contributed by atoms with E-state index in [9.17, 15) is 4.79 Å². The second-order valence-electron chi connectivity index (χ2n) is 9.07. The number of aliphatic imine (C=N–C) groups is 1. The number of carbonyl (C=O) groups is 1. The van der Waals surface area contributed by atoms with Gasteiger partial charge in [0.05, 0.1) is 0 Å². The molecule has 7 heteroatoms. The number of rotatable bonds is 2. The number of nitrogens with two attached hydrogens (primary N) is 1. The summed E-state index contributed by atoms with van der Waals surface area (Å²) < 4.78 is 21.6. The number of amides is 1. The van der Waals surface area contributed by atoms with Crippen molar-refractivity contribution < 1.29 is 13.9 Å². The van der Waals surface area contributed by atoms with Gasteiger partial charge in [0.15, 0.2) is 17.5 Å². The molecule has 2 N–H and O–H groups in total. The molecule has 0 fully saturated rings. The Bertz CT molecular complexity index is 1600. The van der Waals surface area contributed by atoms with Gasteiger partial charge in [0.25, 0.3) is 5.91 Å². The van der Waals surface area contributed by atoms with E-state index in [1.165, 1.54) is 11.0 Å². The van der Waals surface area contributed by atoms with Crippen molar-refractivity contribution >= 4 is 23.5 Å². The maximum absolute atomic E-state index is 15.6. The Balaban J connectivity index is 1.62. The molecule has 0 radical (unpaired) electrons. The molecule has 5 nitrogen and oxygen atoms in total. The van der Waals surface area contributed by atoms with Crippen molar-refractivity contribution in [2.45, 2.75) is 12.5 Å². The second-order valence-corrected chi connectivity index (χ2v) is 9.51. The van der Waals surface area contributed by atoms with Gasteiger partial charge < -0.3 is 10.5 Å². The van der Waals surface area contributed by atoms with Gasteiger partial charge in [-0.2, -0.15) is 0 Å². The van der Waals surface area contributed by atoms with Crippen LogP contribution in [0.1, 0.15) is 16.7 Å². The largest absolute Gasteiger partial charge is 0.453 e. The summed E-state index contributed by atoms with van der Waals surface area (Å²) in [5, 5.41) is 0.588. The molecule has 4 aromatic carbocycles. The van der Waals surface area contributed by atoms with Crippen LogP contribution in [0, 0.1) is 12.7 Å². The van der Waals surface area contributed by atoms with Crippen LogP contribution < -0.4 is 10.5 Å². The van der Waals surface area contributed by atoms with Crippen molar-refractivity contribution in [1.82, 2.24) is 4.90 Å². The van der Waals surface area contributed by atoms with E-state index < -0.39 is 11.4 Å². The van der Waals surface area contributed by atoms with Gasteiger partial charge in [-0.1, -0.05) is 59.6 Å². The minimum Gasteiger partial charge on any atom is -0.453 e. The van der Waals surface area contributed by atoms with E-state index in [1.54, 1.807) is 25.2 Å². The van der Waals surface area contributed by atoms with Crippen molar-refractivity contribution in [3.63, 3.8) is 0 Å². The van der Waals surface area contributed by atoms with Gasteiger partial charge in [-0.3, -0.25) is 9.69 Å². The van der Waals surface area contributed by atoms with Gasteiger partial charge in [0.1, 0.15) is 5.75 Å². The number of likely N-dealkylation sites (N-methyl/N-ethyl adjacent to an activating group) is 1. The number of hydrogen-bond acceptors (Lipinski definition) is 4. The molecular weight excluding hydrogens is 477 g/mol. The van der Waals surface area contributed by atoms with Gasteiger partial charge in [-0.15, -0.1) is 0 Å². The topological polar surface area (TPSA) is 67.9 Å². The predicted molar refractivity (Wildman–Crippen MR) is 139 cm³/mol. The van der Waals surface area contributed by atoms with Gasteiger partial charge in [0.2, 0.25) is 5.54 Å². The van der Waals surface area contributed by atoms with E-state index in [0.717, 1.165) is 22.3 Å². The zero-order chi connectivity index (χ0) is 25.2. The molecule has 1 spiro atoms. The summed E-state index contributed by atoms with van der Waals surface area (Å²) in [6.07, 6.45) is 0. The molecule has 178 valence electrons. The molecule has 2 aliphatic rings. The van der Waals surface area contributed by atoms with Crippen LogP contribution in [-0.4, -0.2) is 23.8 Å². The van der Waals surface area contributed by atoms with Crippen molar-refractivity contribution in [2.24, 2.45) is 10.7 Å². The normalized spacial score (nSPS) is 18.1. The average Bonchev–Trinajstić information content (AvgIpc) is 3.09. The maximum Gasteiger partial charge on any atom is 0.266 e. The highest BCUT2D eigenvalue weighted by molar-refractivity contribution is 6.30. The lowest BCUT2D eigenvalue weighted by atomic mass is 9.78. The first-order chi connectivity index (χ1) is 17.3. The number of guanidine groups is 1. The summed E-state index contributed by atoms with van der Waals surface area (Å²) in [4.78, 5) is 19.8. The minimum absolute atomic E-state index is 0.0333. The van der Waals surface area contributed by atoms with Gasteiger partial charge in [0, 0.05) is 23.2 Å². The molecule has 1 amide bonds. The maximum atomic E-state index is 15.6. The van der Waals surface area contributed by atoms with Crippen LogP contribution in [0.4, 0.5) is 4.39 Å². The van der Waals surface area contributed by atoms with E-state index in [1.807, 2.05) is 61.5 Å². The number of fused-ring (bicyclic) bond motifs is 4. The smallest absolute Gasteiger partial charge is 0.266 e. The van der Waals surface area contributed by atoms with Crippen LogP contribution in [0.5, 0.6) is 11.5 Å². The summed E-state index contributed by atoms with van der Waals surface area (Å²) in [5.74, 6) is -0.602. The molecule has 6 rings (SSSR count). The van der Waals surface area contributed by atoms with E-state index in [0.29, 0.717) is 27.5 Å². The van der Waals surface area contributed by atoms with Crippen molar-refractivity contribution in [2.75, 3.05) is 7.05 Å². The van der Waals surface area contributed by atoms with Crippen LogP contribution in [0.2, 0.25) is 5.02 Å². The lowest BCUT2D eigenvalue weighted by molar-refractivity contribution is -0.129. The Morgan fingerprint density at radius 2 is 1.61 bits per heavy atom. The van der Waals surface area contributed by atoms with Crippen molar-refractivity contribution in [3.05, 3.63) is 106 Å². The lowest BCUT2D eigenvalue weighted by Crippen LogP contribution is -2.42. The molecule has 0 aliphatic carbocycles. The Labute approximate surface area is 212 Å². The van der Waals surface area contributed by atoms with Crippen LogP contribution in [0.25, 0.3) is 22.3 Å². The minimum atomic E-state index is -1.59. The molecule has 36 heavy (non-hydrogen) atoms. The molecule has 4 aromatic rings. The summed E-state index contributed by atoms with van der Waals surface area (Å²) in [5.41, 5.74) is 9.57. The Morgan fingerprint density at radius 1 is 0.917 bits per heavy atom. The molecule has 0 unspecified atom stereocenters. The number of carbonyl (C=O) groups excluding carboxylic acids is 1. The zero-order valence-corrected chi connectivity index (χ0v) is 20.3. The van der Waals surface area contributed by atoms with E-state index >= 15 is 4.39 Å². The third-order valence-electron chi connectivity index (χ3n) is 6.80. The van der Waals surface area contributed by atoms with Gasteiger partial charge >= 0.3 is 0 Å². The molecule has 0 saturated heterocycles. The molecule has 0 saturated carbocycles. The molecule has 1 atom stereocenters. The zero-order valence-electron chi connectivity index (χ0n) is 19.5. The summed E-state index contributed by atoms with van der Waals surface area (Å²) in [6.45, 7) is 1.99. The second kappa shape index (κ2) is 7.93. The highest BCUT2D eigenvalue weighted by Gasteiger charge is 2.55. The van der Waals surface area contributed by atoms with Crippen LogP contribution >= 0.6 is 11.6 Å². The number of benzene rings is 4. The number of ether oxygens (including phenoxy) is 1. The monoisotopic (exact) mass is 497 g/mol. The van der Waals surface area contributed by atoms with Crippen molar-refractivity contribution in [3.8, 4) is 33.8 Å². The SMILES string of the molecule is Cc1ccc(-c2cc(F)c3c(c2)[C@@]2(N=C(N)N(C)C2=O)c2cc(-c4cccc(Cl)c4)ccc2O3)cc1. The highest BCUT2D eigenvalue weighted by atomic mass is 35.5. The number of aryl methyl sites for hydroxylation is 1. The average molecular weight is 498 g/mol. The Morgan fingerprint density at radius 3 is 2.31 bits per heavy atom. The van der Waals surface area contributed by atoms with E-state index in [4.69, 9.17) is 22.1 Å². The van der Waals surface area contributed by atoms with Crippen LogP contribution in [0.15, 0.2) is 83.9 Å². The van der Waals surface area contributed by atoms with E-state index in [-0.39, 0.29) is 17.6 Å². The third-order valence-corrected chi connectivity index (χ3v) is 7.03. The highest BCUT2D eigenvalue weighted by Crippen LogP contribution is 2.54. The summed E-state index contributed by atoms with van der Waals surface area (Å²) >= 11 is 6.22. The molecule has 2 heterocycles. The molecular formula is C29H21ClFN3O2. The molecule has 0 bridgehead atoms. The fraction of sp³-hybridized carbons (Fsp3) is 0.103. The quantitative estimate of drug-likeness (QED) is 0.355. The molecule has 2 aliphatic heterocycles. The molecule has 0 aromatic heterocycles. The van der Waals surface area contributed by atoms with Gasteiger partial charge in [-0.05, 0) is 65.6 Å². The number of nitrogens with zero attached hydrogens (tertiary/aromatic N) is 2. The predicted octanol–water partition coefficient (Wildman–Crippen LogP) is 6.26. The Hall–Kier alpha value is -4.16. The van der Waals surface area contributed by atoms with Crippen LogP contribution in [-0.2, 0) is 10.3 Å². The fourth-order valence-corrected chi connectivity index (χ4v) is 5.07. The summed E-state index contributed by atoms with van der Waals surface area (Å²) in [6, 6.07) is 23.7. The first-order valence-electron chi connectivity index (χ1n) is 11.4. The number of halogens is 2. The van der Waals surface area contributed by atoms with E-state index in [2.05, 4.69) is 4.99 Å². The summed E-state index contributed by atoms with van der Waals surface area (Å²) in [7, 11) is 1.56. The lowest BCUT2D eigenvalue weighted by Gasteiger charge is -2.34.